The Morgan fingerprint density at radius 3 is 2.40 bits per heavy atom. The van der Waals surface area contributed by atoms with Crippen LogP contribution in [0.2, 0.25) is 0 Å². The van der Waals surface area contributed by atoms with E-state index in [2.05, 4.69) is 18.4 Å². The van der Waals surface area contributed by atoms with Crippen LogP contribution in [0.5, 0.6) is 11.5 Å². The van der Waals surface area contributed by atoms with Gasteiger partial charge in [0.05, 0.1) is 24.7 Å². The third-order valence-electron chi connectivity index (χ3n) is 4.10. The number of ether oxygens (including phenoxy) is 2. The van der Waals surface area contributed by atoms with Crippen molar-refractivity contribution in [3.63, 3.8) is 0 Å². The number of aliphatic hydroxyl groups is 1. The maximum Gasteiger partial charge on any atom is 0.119 e. The Balaban J connectivity index is 1.70. The normalized spacial score (nSPS) is 12.5. The summed E-state index contributed by atoms with van der Waals surface area (Å²) in [5, 5.41) is 10.5. The molecule has 132 valence electrons. The minimum Gasteiger partial charge on any atom is -0.497 e. The second kappa shape index (κ2) is 7.57. The van der Waals surface area contributed by atoms with Crippen molar-refractivity contribution in [2.45, 2.75) is 32.4 Å². The molecule has 0 saturated heterocycles. The van der Waals surface area contributed by atoms with Crippen LogP contribution in [0.15, 0.2) is 48.5 Å². The molecular weight excluding hydrogens is 316 g/mol. The van der Waals surface area contributed by atoms with Crippen LogP contribution in [0.3, 0.4) is 0 Å². The van der Waals surface area contributed by atoms with Crippen molar-refractivity contribution >= 4 is 11.0 Å². The van der Waals surface area contributed by atoms with Crippen molar-refractivity contribution < 1.29 is 14.6 Å². The van der Waals surface area contributed by atoms with E-state index in [1.54, 1.807) is 7.11 Å². The molecule has 0 spiro atoms. The molecule has 0 amide bonds. The minimum atomic E-state index is -0.628. The van der Waals surface area contributed by atoms with Gasteiger partial charge in [-0.2, -0.15) is 0 Å². The van der Waals surface area contributed by atoms with E-state index in [1.165, 1.54) is 0 Å². The van der Waals surface area contributed by atoms with Crippen molar-refractivity contribution in [3.05, 3.63) is 54.4 Å². The van der Waals surface area contributed by atoms with E-state index in [0.29, 0.717) is 12.3 Å². The molecule has 1 aromatic heterocycles. The van der Waals surface area contributed by atoms with Crippen LogP contribution in [0.4, 0.5) is 0 Å². The van der Waals surface area contributed by atoms with Crippen LogP contribution in [-0.4, -0.2) is 34.5 Å². The van der Waals surface area contributed by atoms with Gasteiger partial charge in [-0.15, -0.1) is 0 Å². The maximum atomic E-state index is 10.5. The van der Waals surface area contributed by atoms with Crippen LogP contribution >= 0.6 is 0 Å². The number of aromatic nitrogens is 2. The lowest BCUT2D eigenvalue weighted by atomic mass is 10.2. The molecule has 0 unspecified atom stereocenters. The fourth-order valence-electron chi connectivity index (χ4n) is 2.85. The summed E-state index contributed by atoms with van der Waals surface area (Å²) < 4.78 is 12.9. The molecule has 0 aliphatic carbocycles. The molecular formula is C20H24N2O3. The number of hydrogen-bond donors (Lipinski definition) is 1. The number of hydrogen-bond acceptors (Lipinski definition) is 4. The van der Waals surface area contributed by atoms with Crippen molar-refractivity contribution in [2.75, 3.05) is 13.7 Å². The molecule has 0 fully saturated rings. The van der Waals surface area contributed by atoms with Gasteiger partial charge in [0, 0.05) is 5.92 Å². The molecule has 0 aliphatic rings. The molecule has 5 nitrogen and oxygen atoms in total. The molecule has 3 rings (SSSR count). The Bertz CT molecular complexity index is 825. The summed E-state index contributed by atoms with van der Waals surface area (Å²) in [5.41, 5.74) is 1.99. The summed E-state index contributed by atoms with van der Waals surface area (Å²) >= 11 is 0. The van der Waals surface area contributed by atoms with E-state index in [-0.39, 0.29) is 12.5 Å². The Morgan fingerprint density at radius 2 is 1.72 bits per heavy atom. The Hall–Kier alpha value is -2.53. The summed E-state index contributed by atoms with van der Waals surface area (Å²) in [6, 6.07) is 15.3. The van der Waals surface area contributed by atoms with Gasteiger partial charge in [-0.05, 0) is 36.4 Å². The smallest absolute Gasteiger partial charge is 0.119 e. The summed E-state index contributed by atoms with van der Waals surface area (Å²) in [4.78, 5) is 4.70. The fourth-order valence-corrected chi connectivity index (χ4v) is 2.85. The van der Waals surface area contributed by atoms with Gasteiger partial charge >= 0.3 is 0 Å². The molecule has 1 N–H and O–H groups in total. The molecule has 25 heavy (non-hydrogen) atoms. The van der Waals surface area contributed by atoms with Crippen LogP contribution in [0, 0.1) is 0 Å². The lowest BCUT2D eigenvalue weighted by molar-refractivity contribution is 0.0925. The van der Waals surface area contributed by atoms with Gasteiger partial charge in [0.25, 0.3) is 0 Å². The molecule has 0 radical (unpaired) electrons. The SMILES string of the molecule is COc1ccc(OC[C@H](O)Cn2c(C(C)C)nc3ccccc32)cc1. The third kappa shape index (κ3) is 3.94. The zero-order chi connectivity index (χ0) is 17.8. The minimum absolute atomic E-state index is 0.219. The molecule has 0 bridgehead atoms. The highest BCUT2D eigenvalue weighted by Gasteiger charge is 2.16. The Kier molecular flexibility index (Phi) is 5.24. The first kappa shape index (κ1) is 17.3. The van der Waals surface area contributed by atoms with Crippen molar-refractivity contribution in [1.29, 1.82) is 0 Å². The standard InChI is InChI=1S/C20H24N2O3/c1-14(2)20-21-18-6-4-5-7-19(18)22(20)12-15(23)13-25-17-10-8-16(24-3)9-11-17/h4-11,14-15,23H,12-13H2,1-3H3/t15-/m1/s1. The second-order valence-corrected chi connectivity index (χ2v) is 6.36. The molecule has 0 aliphatic heterocycles. The topological polar surface area (TPSA) is 56.5 Å². The van der Waals surface area contributed by atoms with E-state index in [9.17, 15) is 5.11 Å². The summed E-state index contributed by atoms with van der Waals surface area (Å²) in [6.45, 7) is 4.89. The first-order valence-corrected chi connectivity index (χ1v) is 8.48. The zero-order valence-corrected chi connectivity index (χ0v) is 14.8. The van der Waals surface area contributed by atoms with Crippen LogP contribution in [0.25, 0.3) is 11.0 Å². The Morgan fingerprint density at radius 1 is 1.04 bits per heavy atom. The van der Waals surface area contributed by atoms with Crippen molar-refractivity contribution in [3.8, 4) is 11.5 Å². The van der Waals surface area contributed by atoms with E-state index < -0.39 is 6.10 Å². The maximum absolute atomic E-state index is 10.5. The summed E-state index contributed by atoms with van der Waals surface area (Å²) in [5.74, 6) is 2.74. The van der Waals surface area contributed by atoms with Gasteiger partial charge in [0.1, 0.15) is 30.0 Å². The first-order valence-electron chi connectivity index (χ1n) is 8.48. The lowest BCUT2D eigenvalue weighted by Crippen LogP contribution is -2.24. The van der Waals surface area contributed by atoms with Gasteiger partial charge in [0.2, 0.25) is 0 Å². The number of methoxy groups -OCH3 is 1. The number of para-hydroxylation sites is 2. The molecule has 3 aromatic rings. The van der Waals surface area contributed by atoms with E-state index in [0.717, 1.165) is 22.6 Å². The van der Waals surface area contributed by atoms with E-state index in [4.69, 9.17) is 14.5 Å². The van der Waals surface area contributed by atoms with Crippen molar-refractivity contribution in [1.82, 2.24) is 9.55 Å². The van der Waals surface area contributed by atoms with Gasteiger partial charge in [-0.1, -0.05) is 26.0 Å². The van der Waals surface area contributed by atoms with E-state index in [1.807, 2.05) is 48.5 Å². The van der Waals surface area contributed by atoms with E-state index >= 15 is 0 Å². The fraction of sp³-hybridized carbons (Fsp3) is 0.350. The quantitative estimate of drug-likeness (QED) is 0.714. The molecule has 1 heterocycles. The highest BCUT2D eigenvalue weighted by Crippen LogP contribution is 2.22. The third-order valence-corrected chi connectivity index (χ3v) is 4.10. The summed E-state index contributed by atoms with van der Waals surface area (Å²) in [7, 11) is 1.63. The number of imidazole rings is 1. The van der Waals surface area contributed by atoms with Crippen LogP contribution < -0.4 is 9.47 Å². The summed E-state index contributed by atoms with van der Waals surface area (Å²) in [6.07, 6.45) is -0.628. The monoisotopic (exact) mass is 340 g/mol. The molecule has 0 saturated carbocycles. The lowest BCUT2D eigenvalue weighted by Gasteiger charge is -2.17. The van der Waals surface area contributed by atoms with Gasteiger partial charge in [-0.25, -0.2) is 4.98 Å². The first-order chi connectivity index (χ1) is 12.1. The molecule has 5 heteroatoms. The van der Waals surface area contributed by atoms with Gasteiger partial charge < -0.3 is 19.1 Å². The predicted octanol–water partition coefficient (Wildman–Crippen LogP) is 3.61. The average molecular weight is 340 g/mol. The van der Waals surface area contributed by atoms with Gasteiger partial charge in [0.15, 0.2) is 0 Å². The van der Waals surface area contributed by atoms with Gasteiger partial charge in [-0.3, -0.25) is 0 Å². The highest BCUT2D eigenvalue weighted by molar-refractivity contribution is 5.76. The number of benzene rings is 2. The second-order valence-electron chi connectivity index (χ2n) is 6.36. The number of aliphatic hydroxyl groups excluding tert-OH is 1. The van der Waals surface area contributed by atoms with Crippen LogP contribution in [-0.2, 0) is 6.54 Å². The number of fused-ring (bicyclic) bond motifs is 1. The highest BCUT2D eigenvalue weighted by atomic mass is 16.5. The molecule has 2 aromatic carbocycles. The zero-order valence-electron chi connectivity index (χ0n) is 14.8. The average Bonchev–Trinajstić information content (AvgIpc) is 2.99. The number of nitrogens with zero attached hydrogens (tertiary/aromatic N) is 2. The molecule has 1 atom stereocenters. The van der Waals surface area contributed by atoms with Crippen molar-refractivity contribution in [2.24, 2.45) is 0 Å². The predicted molar refractivity (Wildman–Crippen MR) is 98.3 cm³/mol. The van der Waals surface area contributed by atoms with Crippen LogP contribution in [0.1, 0.15) is 25.6 Å². The largest absolute Gasteiger partial charge is 0.497 e. The number of rotatable bonds is 7. The Labute approximate surface area is 147 Å².